The predicted molar refractivity (Wildman–Crippen MR) is 76.5 cm³/mol. The fourth-order valence-corrected chi connectivity index (χ4v) is 2.72. The Morgan fingerprint density at radius 2 is 2.20 bits per heavy atom. The van der Waals surface area contributed by atoms with Crippen LogP contribution in [0.1, 0.15) is 30.0 Å². The average Bonchev–Trinajstić information content (AvgIpc) is 2.47. The lowest BCUT2D eigenvalue weighted by Gasteiger charge is -2.27. The van der Waals surface area contributed by atoms with Gasteiger partial charge in [0.05, 0.1) is 13.2 Å². The maximum Gasteiger partial charge on any atom is 0.214 e. The second-order valence-electron chi connectivity index (χ2n) is 5.00. The Bertz CT molecular complexity index is 615. The van der Waals surface area contributed by atoms with Crippen molar-refractivity contribution in [1.82, 2.24) is 4.98 Å². The number of aromatic nitrogens is 1. The van der Waals surface area contributed by atoms with Crippen molar-refractivity contribution >= 4 is 5.82 Å². The van der Waals surface area contributed by atoms with Gasteiger partial charge in [-0.25, -0.2) is 4.98 Å². The number of aryl methyl sites for hydroxylation is 1. The van der Waals surface area contributed by atoms with Gasteiger partial charge in [-0.05, 0) is 54.7 Å². The van der Waals surface area contributed by atoms with Crippen molar-refractivity contribution in [2.45, 2.75) is 25.3 Å². The number of nitrogens with zero attached hydrogens (tertiary/aromatic N) is 1. The molecule has 4 heteroatoms. The monoisotopic (exact) mass is 272 g/mol. The molecule has 1 heterocycles. The maximum atomic E-state index is 13.2. The lowest BCUT2D eigenvalue weighted by atomic mass is 9.87. The van der Waals surface area contributed by atoms with E-state index in [1.807, 2.05) is 6.07 Å². The van der Waals surface area contributed by atoms with E-state index in [-0.39, 0.29) is 6.04 Å². The van der Waals surface area contributed by atoms with Crippen LogP contribution in [0.5, 0.6) is 5.75 Å². The van der Waals surface area contributed by atoms with Gasteiger partial charge in [-0.15, -0.1) is 0 Å². The highest BCUT2D eigenvalue weighted by molar-refractivity contribution is 5.44. The number of fused-ring (bicyclic) bond motifs is 1. The summed E-state index contributed by atoms with van der Waals surface area (Å²) in [7, 11) is 1.67. The molecule has 0 radical (unpaired) electrons. The first kappa shape index (κ1) is 12.9. The highest BCUT2D eigenvalue weighted by Crippen LogP contribution is 2.34. The summed E-state index contributed by atoms with van der Waals surface area (Å²) >= 11 is 0. The highest BCUT2D eigenvalue weighted by atomic mass is 19.1. The molecule has 2 aromatic rings. The van der Waals surface area contributed by atoms with E-state index in [4.69, 9.17) is 4.74 Å². The van der Waals surface area contributed by atoms with Crippen molar-refractivity contribution in [3.8, 4) is 5.75 Å². The van der Waals surface area contributed by atoms with Crippen LogP contribution >= 0.6 is 0 Å². The number of anilines is 1. The average molecular weight is 272 g/mol. The molecule has 0 amide bonds. The normalized spacial score (nSPS) is 17.4. The molecule has 0 saturated carbocycles. The van der Waals surface area contributed by atoms with E-state index in [1.165, 1.54) is 17.2 Å². The van der Waals surface area contributed by atoms with Gasteiger partial charge in [0.15, 0.2) is 0 Å². The number of hydrogen-bond donors (Lipinski definition) is 1. The minimum absolute atomic E-state index is 0.156. The van der Waals surface area contributed by atoms with Crippen molar-refractivity contribution < 1.29 is 9.13 Å². The Labute approximate surface area is 117 Å². The molecule has 1 aliphatic rings. The largest absolute Gasteiger partial charge is 0.497 e. The van der Waals surface area contributed by atoms with Gasteiger partial charge in [0.1, 0.15) is 11.6 Å². The summed E-state index contributed by atoms with van der Waals surface area (Å²) in [6, 6.07) is 11.1. The topological polar surface area (TPSA) is 34.1 Å². The first-order valence-corrected chi connectivity index (χ1v) is 6.82. The predicted octanol–water partition coefficient (Wildman–Crippen LogP) is 3.72. The molecule has 20 heavy (non-hydrogen) atoms. The van der Waals surface area contributed by atoms with Gasteiger partial charge in [-0.1, -0.05) is 12.1 Å². The van der Waals surface area contributed by atoms with Crippen LogP contribution in [0, 0.1) is 5.95 Å². The first-order chi connectivity index (χ1) is 9.76. The minimum Gasteiger partial charge on any atom is -0.497 e. The van der Waals surface area contributed by atoms with Crippen LogP contribution in [0.3, 0.4) is 0 Å². The smallest absolute Gasteiger partial charge is 0.214 e. The summed E-state index contributed by atoms with van der Waals surface area (Å²) in [5.74, 6) is 0.965. The standard InChI is InChI=1S/C16H17FN2O/c1-20-12-9-8-11-4-2-5-14(13(11)10-12)18-16-7-3-6-15(17)19-16/h3,6-10,14H,2,4-5H2,1H3,(H,18,19). The summed E-state index contributed by atoms with van der Waals surface area (Å²) in [5, 5.41) is 3.32. The lowest BCUT2D eigenvalue weighted by molar-refractivity contribution is 0.413. The zero-order valence-corrected chi connectivity index (χ0v) is 11.4. The molecule has 3 rings (SSSR count). The Balaban J connectivity index is 1.89. The molecule has 1 aromatic carbocycles. The second-order valence-corrected chi connectivity index (χ2v) is 5.00. The van der Waals surface area contributed by atoms with Crippen molar-refractivity contribution in [2.24, 2.45) is 0 Å². The maximum absolute atomic E-state index is 13.2. The van der Waals surface area contributed by atoms with Crippen molar-refractivity contribution in [3.63, 3.8) is 0 Å². The van der Waals surface area contributed by atoms with E-state index in [2.05, 4.69) is 22.4 Å². The molecule has 1 N–H and O–H groups in total. The van der Waals surface area contributed by atoms with Gasteiger partial charge < -0.3 is 10.1 Å². The van der Waals surface area contributed by atoms with Crippen LogP contribution < -0.4 is 10.1 Å². The van der Waals surface area contributed by atoms with E-state index in [1.54, 1.807) is 19.2 Å². The Kier molecular flexibility index (Phi) is 3.54. The molecule has 104 valence electrons. The van der Waals surface area contributed by atoms with E-state index in [0.717, 1.165) is 25.0 Å². The fraction of sp³-hybridized carbons (Fsp3) is 0.312. The zero-order valence-electron chi connectivity index (χ0n) is 11.4. The summed E-state index contributed by atoms with van der Waals surface area (Å²) in [5.41, 5.74) is 2.55. The summed E-state index contributed by atoms with van der Waals surface area (Å²) in [4.78, 5) is 3.87. The molecule has 0 spiro atoms. The number of benzene rings is 1. The third kappa shape index (κ3) is 2.59. The molecule has 1 atom stereocenters. The number of ether oxygens (including phenoxy) is 1. The van der Waals surface area contributed by atoms with E-state index in [9.17, 15) is 4.39 Å². The van der Waals surface area contributed by atoms with Gasteiger partial charge in [0.2, 0.25) is 5.95 Å². The Hall–Kier alpha value is -2.10. The number of nitrogens with one attached hydrogen (secondary N) is 1. The summed E-state index contributed by atoms with van der Waals surface area (Å²) < 4.78 is 18.5. The van der Waals surface area contributed by atoms with Crippen LogP contribution in [-0.2, 0) is 6.42 Å². The van der Waals surface area contributed by atoms with E-state index >= 15 is 0 Å². The summed E-state index contributed by atoms with van der Waals surface area (Å²) in [6.45, 7) is 0. The van der Waals surface area contributed by atoms with Crippen LogP contribution in [0.15, 0.2) is 36.4 Å². The number of rotatable bonds is 3. The van der Waals surface area contributed by atoms with E-state index in [0.29, 0.717) is 5.82 Å². The Morgan fingerprint density at radius 1 is 1.30 bits per heavy atom. The molecule has 0 aliphatic heterocycles. The molecule has 0 fully saturated rings. The van der Waals surface area contributed by atoms with Crippen LogP contribution in [0.2, 0.25) is 0 Å². The fourth-order valence-electron chi connectivity index (χ4n) is 2.72. The van der Waals surface area contributed by atoms with Gasteiger partial charge in [-0.2, -0.15) is 4.39 Å². The van der Waals surface area contributed by atoms with Crippen LogP contribution in [-0.4, -0.2) is 12.1 Å². The van der Waals surface area contributed by atoms with Crippen LogP contribution in [0.25, 0.3) is 0 Å². The first-order valence-electron chi connectivity index (χ1n) is 6.82. The molecular formula is C16H17FN2O. The third-order valence-electron chi connectivity index (χ3n) is 3.70. The molecule has 1 unspecified atom stereocenters. The van der Waals surface area contributed by atoms with Crippen LogP contribution in [0.4, 0.5) is 10.2 Å². The van der Waals surface area contributed by atoms with Gasteiger partial charge in [0, 0.05) is 0 Å². The molecular weight excluding hydrogens is 255 g/mol. The quantitative estimate of drug-likeness (QED) is 0.865. The van der Waals surface area contributed by atoms with Gasteiger partial charge in [0.25, 0.3) is 0 Å². The summed E-state index contributed by atoms with van der Waals surface area (Å²) in [6.07, 6.45) is 3.21. The van der Waals surface area contributed by atoms with Crippen molar-refractivity contribution in [3.05, 3.63) is 53.5 Å². The molecule has 3 nitrogen and oxygen atoms in total. The molecule has 1 aromatic heterocycles. The zero-order chi connectivity index (χ0) is 13.9. The molecule has 0 saturated heterocycles. The highest BCUT2D eigenvalue weighted by Gasteiger charge is 2.21. The number of pyridine rings is 1. The number of methoxy groups -OCH3 is 1. The van der Waals surface area contributed by atoms with Gasteiger partial charge in [-0.3, -0.25) is 0 Å². The third-order valence-corrected chi connectivity index (χ3v) is 3.70. The molecule has 0 bridgehead atoms. The van der Waals surface area contributed by atoms with Crippen molar-refractivity contribution in [2.75, 3.05) is 12.4 Å². The van der Waals surface area contributed by atoms with Gasteiger partial charge >= 0.3 is 0 Å². The number of hydrogen-bond acceptors (Lipinski definition) is 3. The van der Waals surface area contributed by atoms with E-state index < -0.39 is 5.95 Å². The van der Waals surface area contributed by atoms with Crippen molar-refractivity contribution in [1.29, 1.82) is 0 Å². The number of halogens is 1. The lowest BCUT2D eigenvalue weighted by Crippen LogP contribution is -2.18. The SMILES string of the molecule is COc1ccc2c(c1)C(Nc1cccc(F)n1)CCC2. The minimum atomic E-state index is -0.461. The second kappa shape index (κ2) is 5.49. The Morgan fingerprint density at radius 3 is 3.00 bits per heavy atom. The molecule has 1 aliphatic carbocycles.